The average Bonchev–Trinajstić information content (AvgIpc) is 2.73. The molecule has 5 aliphatic carbocycles. The van der Waals surface area contributed by atoms with Gasteiger partial charge in [0.25, 0.3) is 0 Å². The van der Waals surface area contributed by atoms with Gasteiger partial charge in [0.2, 0.25) is 0 Å². The first kappa shape index (κ1) is 24.2. The molecule has 0 bridgehead atoms. The van der Waals surface area contributed by atoms with Crippen molar-refractivity contribution < 1.29 is 14.4 Å². The Morgan fingerprint density at radius 3 is 2.21 bits per heavy atom. The molecular formula is C31H44O3. The summed E-state index contributed by atoms with van der Waals surface area (Å²) in [4.78, 5) is 39.9. The molecule has 3 heteroatoms. The van der Waals surface area contributed by atoms with E-state index in [-0.39, 0.29) is 56.4 Å². The number of carbonyl (C=O) groups is 3. The molecule has 186 valence electrons. The molecule has 0 heterocycles. The highest BCUT2D eigenvalue weighted by atomic mass is 16.1. The molecule has 0 aromatic heterocycles. The first-order valence-corrected chi connectivity index (χ1v) is 13.6. The predicted octanol–water partition coefficient (Wildman–Crippen LogP) is 6.90. The van der Waals surface area contributed by atoms with Crippen LogP contribution in [0.3, 0.4) is 0 Å². The van der Waals surface area contributed by atoms with Gasteiger partial charge in [-0.05, 0) is 91.6 Å². The van der Waals surface area contributed by atoms with E-state index in [0.717, 1.165) is 50.5 Å². The Labute approximate surface area is 206 Å². The van der Waals surface area contributed by atoms with Crippen LogP contribution in [0.2, 0.25) is 0 Å². The van der Waals surface area contributed by atoms with Crippen molar-refractivity contribution in [3.63, 3.8) is 0 Å². The summed E-state index contributed by atoms with van der Waals surface area (Å²) < 4.78 is 0. The molecule has 0 saturated heterocycles. The maximum absolute atomic E-state index is 14.2. The van der Waals surface area contributed by atoms with Crippen molar-refractivity contribution in [3.8, 4) is 0 Å². The van der Waals surface area contributed by atoms with Crippen molar-refractivity contribution in [2.24, 2.45) is 50.2 Å². The molecule has 0 radical (unpaired) electrons. The Kier molecular flexibility index (Phi) is 4.86. The zero-order valence-electron chi connectivity index (χ0n) is 22.6. The number of allylic oxidation sites excluding steroid dienone is 4. The van der Waals surface area contributed by atoms with Gasteiger partial charge in [0.05, 0.1) is 0 Å². The lowest BCUT2D eigenvalue weighted by Gasteiger charge is -2.68. The first-order chi connectivity index (χ1) is 15.6. The van der Waals surface area contributed by atoms with Crippen LogP contribution in [-0.2, 0) is 14.4 Å². The lowest BCUT2D eigenvalue weighted by Crippen LogP contribution is -2.65. The van der Waals surface area contributed by atoms with Crippen LogP contribution in [0.5, 0.6) is 0 Å². The molecule has 0 aliphatic heterocycles. The van der Waals surface area contributed by atoms with Crippen molar-refractivity contribution in [2.45, 2.75) is 100 Å². The second-order valence-electron chi connectivity index (χ2n) is 14.8. The number of carbonyl (C=O) groups excluding carboxylic acids is 3. The van der Waals surface area contributed by atoms with Crippen LogP contribution in [0.15, 0.2) is 23.3 Å². The third-order valence-corrected chi connectivity index (χ3v) is 12.2. The zero-order valence-corrected chi connectivity index (χ0v) is 22.6. The number of Topliss-reactive ketones (excluding diaryl/α,β-unsaturated/α-hetero) is 1. The molecule has 3 nitrogen and oxygen atoms in total. The summed E-state index contributed by atoms with van der Waals surface area (Å²) in [7, 11) is 0. The van der Waals surface area contributed by atoms with Gasteiger partial charge >= 0.3 is 0 Å². The lowest BCUT2D eigenvalue weighted by molar-refractivity contribution is -0.171. The first-order valence-electron chi connectivity index (χ1n) is 13.6. The highest BCUT2D eigenvalue weighted by molar-refractivity contribution is 6.01. The number of rotatable bonds is 1. The van der Waals surface area contributed by atoms with Gasteiger partial charge in [-0.25, -0.2) is 0 Å². The Bertz CT molecular complexity index is 1040. The molecule has 0 aromatic rings. The summed E-state index contributed by atoms with van der Waals surface area (Å²) in [6.45, 7) is 17.9. The fourth-order valence-corrected chi connectivity index (χ4v) is 10.1. The molecule has 5 rings (SSSR count). The van der Waals surface area contributed by atoms with Gasteiger partial charge in [0, 0.05) is 22.2 Å². The van der Waals surface area contributed by atoms with Gasteiger partial charge in [-0.2, -0.15) is 0 Å². The fraction of sp³-hybridized carbons (Fsp3) is 0.774. The van der Waals surface area contributed by atoms with Crippen LogP contribution < -0.4 is 0 Å². The summed E-state index contributed by atoms with van der Waals surface area (Å²) in [6.07, 6.45) is 12.2. The monoisotopic (exact) mass is 464 g/mol. The van der Waals surface area contributed by atoms with Crippen molar-refractivity contribution in [3.05, 3.63) is 23.3 Å². The van der Waals surface area contributed by atoms with Crippen LogP contribution in [-0.4, -0.2) is 17.9 Å². The largest absolute Gasteiger partial charge is 0.303 e. The molecular weight excluding hydrogens is 420 g/mol. The molecule has 3 saturated carbocycles. The molecule has 7 atom stereocenters. The third-order valence-electron chi connectivity index (χ3n) is 12.2. The second-order valence-corrected chi connectivity index (χ2v) is 14.8. The minimum atomic E-state index is -0.427. The summed E-state index contributed by atoms with van der Waals surface area (Å²) in [6, 6.07) is 0. The van der Waals surface area contributed by atoms with E-state index >= 15 is 0 Å². The van der Waals surface area contributed by atoms with Crippen molar-refractivity contribution >= 4 is 17.9 Å². The van der Waals surface area contributed by atoms with E-state index in [1.807, 2.05) is 13.0 Å². The Hall–Kier alpha value is -1.51. The van der Waals surface area contributed by atoms with Crippen molar-refractivity contribution in [2.75, 3.05) is 0 Å². The topological polar surface area (TPSA) is 51.2 Å². The average molecular weight is 465 g/mol. The second kappa shape index (κ2) is 6.83. The lowest BCUT2D eigenvalue weighted by atomic mass is 9.34. The third kappa shape index (κ3) is 2.73. The predicted molar refractivity (Wildman–Crippen MR) is 135 cm³/mol. The molecule has 0 N–H and O–H groups in total. The maximum Gasteiger partial charge on any atom is 0.164 e. The van der Waals surface area contributed by atoms with E-state index in [2.05, 4.69) is 54.5 Å². The molecule has 0 spiro atoms. The normalized spacial score (nSPS) is 49.0. The van der Waals surface area contributed by atoms with Gasteiger partial charge in [-0.15, -0.1) is 0 Å². The van der Waals surface area contributed by atoms with E-state index in [1.165, 1.54) is 11.9 Å². The number of hydrogen-bond donors (Lipinski definition) is 0. The minimum absolute atomic E-state index is 0.0942. The minimum Gasteiger partial charge on any atom is -0.303 e. The molecule has 2 unspecified atom stereocenters. The molecule has 3 fully saturated rings. The van der Waals surface area contributed by atoms with E-state index in [1.54, 1.807) is 0 Å². The van der Waals surface area contributed by atoms with E-state index in [9.17, 15) is 14.4 Å². The number of aldehydes is 1. The van der Waals surface area contributed by atoms with Crippen LogP contribution in [0, 0.1) is 50.2 Å². The number of ketones is 2. The molecule has 5 aliphatic rings. The van der Waals surface area contributed by atoms with E-state index in [0.29, 0.717) is 0 Å². The van der Waals surface area contributed by atoms with Crippen molar-refractivity contribution in [1.29, 1.82) is 0 Å². The van der Waals surface area contributed by atoms with Crippen molar-refractivity contribution in [1.82, 2.24) is 0 Å². The van der Waals surface area contributed by atoms with Gasteiger partial charge in [-0.3, -0.25) is 9.59 Å². The van der Waals surface area contributed by atoms with E-state index in [4.69, 9.17) is 0 Å². The zero-order chi connectivity index (χ0) is 25.1. The highest BCUT2D eigenvalue weighted by Crippen LogP contribution is 2.74. The van der Waals surface area contributed by atoms with Crippen LogP contribution in [0.1, 0.15) is 100 Å². The fourth-order valence-electron chi connectivity index (χ4n) is 10.1. The molecule has 0 amide bonds. The van der Waals surface area contributed by atoms with Crippen LogP contribution in [0.4, 0.5) is 0 Å². The van der Waals surface area contributed by atoms with E-state index < -0.39 is 5.41 Å². The van der Waals surface area contributed by atoms with Crippen LogP contribution in [0.25, 0.3) is 0 Å². The summed E-state index contributed by atoms with van der Waals surface area (Å²) in [5.74, 6) is 0.731. The van der Waals surface area contributed by atoms with Gasteiger partial charge in [0.1, 0.15) is 6.29 Å². The Morgan fingerprint density at radius 2 is 1.56 bits per heavy atom. The van der Waals surface area contributed by atoms with Gasteiger partial charge in [-0.1, -0.05) is 60.1 Å². The quantitative estimate of drug-likeness (QED) is 0.397. The van der Waals surface area contributed by atoms with Gasteiger partial charge < -0.3 is 4.79 Å². The summed E-state index contributed by atoms with van der Waals surface area (Å²) in [5.41, 5.74) is 0.929. The SMILES string of the molecule is CC1=C[C@]2(C)C3=CC(=O)C4C5CC(C)(C)CC[C@]5(C=O)CC[C@@]4(C)[C@]3(C)CC[C@H]2C(C)(C)C1=O. The summed E-state index contributed by atoms with van der Waals surface area (Å²) >= 11 is 0. The number of hydrogen-bond acceptors (Lipinski definition) is 3. The molecule has 0 aromatic carbocycles. The Balaban J connectivity index is 1.69. The van der Waals surface area contributed by atoms with Crippen LogP contribution >= 0.6 is 0 Å². The smallest absolute Gasteiger partial charge is 0.164 e. The highest BCUT2D eigenvalue weighted by Gasteiger charge is 2.69. The maximum atomic E-state index is 14.2. The molecule has 34 heavy (non-hydrogen) atoms. The standard InChI is InChI=1S/C31H44O3/c1-19-16-28(6)22(27(4,5)25(19)34)9-10-29(7)23(28)15-21(33)24-20-17-26(2,3)11-13-31(20,18-32)14-12-30(24,29)8/h15-16,18,20,22,24H,9-14,17H2,1-8H3/t20?,22-,24?,28-,29+,30+,31+/m0/s1. The summed E-state index contributed by atoms with van der Waals surface area (Å²) in [5, 5.41) is 0. The number of fused-ring (bicyclic) bond motifs is 7. The van der Waals surface area contributed by atoms with Gasteiger partial charge in [0.15, 0.2) is 11.6 Å². The Morgan fingerprint density at radius 1 is 0.912 bits per heavy atom.